The fourth-order valence-electron chi connectivity index (χ4n) is 11.6. The van der Waals surface area contributed by atoms with Gasteiger partial charge >= 0.3 is 0 Å². The average molecular weight is 1030 g/mol. The SMILES string of the molecule is [2H]c1c([2H])c2c(c([2H])c1Cl)N(c1c(-c3ccccc3)cc(C(C)(C)C)cc1-c1ccccc1)c1cc(C(C)(C)C)cc3c1B2c1oc2cc(C(C)(C)C)ccc2c1N3c1c(-c2ccccc2)cc(C(C)(C)C)cc1-c1ccccc1. The van der Waals surface area contributed by atoms with Crippen LogP contribution in [0.25, 0.3) is 55.5 Å². The van der Waals surface area contributed by atoms with Gasteiger partial charge in [0.25, 0.3) is 6.71 Å². The van der Waals surface area contributed by atoms with Crippen LogP contribution in [0.5, 0.6) is 0 Å². The van der Waals surface area contributed by atoms with Crippen LogP contribution in [0.15, 0.2) is 198 Å². The molecule has 0 atom stereocenters. The van der Waals surface area contributed by atoms with E-state index in [2.05, 4.69) is 257 Å². The Morgan fingerprint density at radius 1 is 0.416 bits per heavy atom. The van der Waals surface area contributed by atoms with Gasteiger partial charge in [0.15, 0.2) is 0 Å². The molecule has 0 fully saturated rings. The normalized spacial score (nSPS) is 14.0. The Labute approximate surface area is 466 Å². The van der Waals surface area contributed by atoms with Crippen molar-refractivity contribution in [1.29, 1.82) is 0 Å². The predicted octanol–water partition coefficient (Wildman–Crippen LogP) is 19.0. The van der Waals surface area contributed by atoms with E-state index in [1.54, 1.807) is 0 Å². The number of rotatable bonds is 6. The molecule has 0 saturated carbocycles. The van der Waals surface area contributed by atoms with Crippen molar-refractivity contribution in [1.82, 2.24) is 0 Å². The minimum absolute atomic E-state index is 0.0143. The Balaban J connectivity index is 1.34. The Hall–Kier alpha value is -7.53. The highest BCUT2D eigenvalue weighted by Gasteiger charge is 2.49. The van der Waals surface area contributed by atoms with Crippen molar-refractivity contribution in [2.45, 2.75) is 105 Å². The fourth-order valence-corrected chi connectivity index (χ4v) is 11.7. The summed E-state index contributed by atoms with van der Waals surface area (Å²) in [5.41, 5.74) is 19.5. The molecular weight excluding hydrogens is 955 g/mol. The van der Waals surface area contributed by atoms with Crippen LogP contribution in [0.1, 0.15) is 109 Å². The summed E-state index contributed by atoms with van der Waals surface area (Å²) in [5, 5.41) is 0.857. The first-order chi connectivity index (χ1) is 37.9. The zero-order chi connectivity index (χ0) is 56.5. The van der Waals surface area contributed by atoms with E-state index in [1.165, 1.54) is 5.56 Å². The van der Waals surface area contributed by atoms with Gasteiger partial charge in [0.05, 0.1) is 26.8 Å². The Kier molecular flexibility index (Phi) is 11.1. The lowest BCUT2D eigenvalue weighted by Crippen LogP contribution is -2.61. The maximum atomic E-state index is 10.4. The summed E-state index contributed by atoms with van der Waals surface area (Å²) >= 11 is 7.31. The third-order valence-corrected chi connectivity index (χ3v) is 16.0. The largest absolute Gasteiger partial charge is 0.468 e. The lowest BCUT2D eigenvalue weighted by Gasteiger charge is -2.45. The van der Waals surface area contributed by atoms with E-state index in [0.717, 1.165) is 106 Å². The molecule has 12 rings (SSSR count). The highest BCUT2D eigenvalue weighted by atomic mass is 35.5. The number of anilines is 6. The average Bonchev–Trinajstić information content (AvgIpc) is 3.97. The van der Waals surface area contributed by atoms with Crippen molar-refractivity contribution in [3.63, 3.8) is 0 Å². The molecule has 5 heteroatoms. The van der Waals surface area contributed by atoms with E-state index in [4.69, 9.17) is 16.0 Å². The molecule has 382 valence electrons. The molecule has 0 aliphatic carbocycles. The molecule has 1 aromatic heterocycles. The van der Waals surface area contributed by atoms with Gasteiger partial charge in [-0.1, -0.05) is 228 Å². The monoisotopic (exact) mass is 1030 g/mol. The molecule has 10 aromatic rings. The molecule has 0 N–H and O–H groups in total. The van der Waals surface area contributed by atoms with Gasteiger partial charge in [-0.25, -0.2) is 0 Å². The molecule has 2 aliphatic heterocycles. The summed E-state index contributed by atoms with van der Waals surface area (Å²) in [4.78, 5) is 4.75. The van der Waals surface area contributed by atoms with Crippen LogP contribution in [0.4, 0.5) is 34.1 Å². The van der Waals surface area contributed by atoms with E-state index in [-0.39, 0.29) is 39.4 Å². The lowest BCUT2D eigenvalue weighted by atomic mass is 9.35. The summed E-state index contributed by atoms with van der Waals surface area (Å²) in [7, 11) is 0. The molecule has 0 unspecified atom stereocenters. The van der Waals surface area contributed by atoms with Crippen LogP contribution >= 0.6 is 11.6 Å². The maximum Gasteiger partial charge on any atom is 0.297 e. The van der Waals surface area contributed by atoms with Crippen molar-refractivity contribution in [2.24, 2.45) is 0 Å². The van der Waals surface area contributed by atoms with E-state index in [9.17, 15) is 4.11 Å². The summed E-state index contributed by atoms with van der Waals surface area (Å²) in [5.74, 6) is 0. The summed E-state index contributed by atoms with van der Waals surface area (Å²) < 4.78 is 38.0. The van der Waals surface area contributed by atoms with E-state index in [0.29, 0.717) is 16.8 Å². The molecule has 77 heavy (non-hydrogen) atoms. The van der Waals surface area contributed by atoms with Crippen LogP contribution in [0.3, 0.4) is 0 Å². The van der Waals surface area contributed by atoms with Gasteiger partial charge in [0.1, 0.15) is 5.58 Å². The van der Waals surface area contributed by atoms with Crippen LogP contribution in [0, 0.1) is 0 Å². The number of fused-ring (bicyclic) bond motifs is 6. The van der Waals surface area contributed by atoms with Crippen molar-refractivity contribution in [2.75, 3.05) is 9.80 Å². The maximum absolute atomic E-state index is 10.4. The van der Waals surface area contributed by atoms with E-state index >= 15 is 0 Å². The number of furan rings is 1. The van der Waals surface area contributed by atoms with Crippen molar-refractivity contribution >= 4 is 80.0 Å². The molecule has 0 saturated heterocycles. The summed E-state index contributed by atoms with van der Waals surface area (Å²) in [6.45, 7) is 26.4. The second kappa shape index (κ2) is 18.3. The molecular formula is C72H68BClN2O. The first-order valence-electron chi connectivity index (χ1n) is 28.6. The first-order valence-corrected chi connectivity index (χ1v) is 27.5. The number of benzene rings is 9. The second-order valence-corrected chi connectivity index (χ2v) is 25.7. The molecule has 3 heterocycles. The van der Waals surface area contributed by atoms with Gasteiger partial charge in [-0.15, -0.1) is 0 Å². The summed E-state index contributed by atoms with van der Waals surface area (Å²) in [6, 6.07) is 63.1. The minimum atomic E-state index is -0.738. The molecule has 3 nitrogen and oxygen atoms in total. The Morgan fingerprint density at radius 2 is 0.805 bits per heavy atom. The Bertz CT molecular complexity index is 3970. The number of hydrogen-bond acceptors (Lipinski definition) is 3. The highest BCUT2D eigenvalue weighted by molar-refractivity contribution is 7.00. The highest BCUT2D eigenvalue weighted by Crippen LogP contribution is 2.56. The molecule has 0 spiro atoms. The predicted molar refractivity (Wildman–Crippen MR) is 332 cm³/mol. The third kappa shape index (κ3) is 8.70. The van der Waals surface area contributed by atoms with Crippen LogP contribution < -0.4 is 26.4 Å². The topological polar surface area (TPSA) is 19.6 Å². The van der Waals surface area contributed by atoms with Crippen LogP contribution in [-0.2, 0) is 21.7 Å². The number of nitrogens with zero attached hydrogens (tertiary/aromatic N) is 2. The lowest BCUT2D eigenvalue weighted by molar-refractivity contribution is 0.587. The van der Waals surface area contributed by atoms with Gasteiger partial charge in [0.2, 0.25) is 0 Å². The number of hydrogen-bond donors (Lipinski definition) is 0. The molecule has 0 amide bonds. The van der Waals surface area contributed by atoms with Crippen molar-refractivity contribution in [3.8, 4) is 44.5 Å². The van der Waals surface area contributed by atoms with E-state index < -0.39 is 12.1 Å². The van der Waals surface area contributed by atoms with Gasteiger partial charge < -0.3 is 14.2 Å². The molecule has 0 bridgehead atoms. The first kappa shape index (κ1) is 46.7. The van der Waals surface area contributed by atoms with Crippen LogP contribution in [0.2, 0.25) is 5.02 Å². The van der Waals surface area contributed by atoms with Crippen molar-refractivity contribution < 1.29 is 8.53 Å². The molecule has 9 aromatic carbocycles. The molecule has 0 radical (unpaired) electrons. The van der Waals surface area contributed by atoms with Gasteiger partial charge in [0, 0.05) is 49.7 Å². The molecule has 2 aliphatic rings. The zero-order valence-electron chi connectivity index (χ0n) is 49.5. The van der Waals surface area contributed by atoms with Gasteiger partial charge in [-0.2, -0.15) is 0 Å². The summed E-state index contributed by atoms with van der Waals surface area (Å²) in [6.07, 6.45) is 0. The Morgan fingerprint density at radius 3 is 1.22 bits per heavy atom. The van der Waals surface area contributed by atoms with Crippen molar-refractivity contribution in [3.05, 3.63) is 221 Å². The minimum Gasteiger partial charge on any atom is -0.468 e. The fraction of sp³-hybridized carbons (Fsp3) is 0.222. The number of halogens is 1. The van der Waals surface area contributed by atoms with E-state index in [1.807, 2.05) is 12.1 Å². The van der Waals surface area contributed by atoms with Crippen LogP contribution in [-0.4, -0.2) is 6.71 Å². The van der Waals surface area contributed by atoms with Gasteiger partial charge in [-0.05, 0) is 138 Å². The van der Waals surface area contributed by atoms with Gasteiger partial charge in [-0.3, -0.25) is 0 Å². The standard InChI is InChI=1S/C72H68BClN2O/c1-69(2,3)49-33-35-54-63(43-49)77-68-67(54)76(66-57(47-29-21-15-22-30-47)39-51(71(7,8)9)40-58(66)48-31-23-16-24-32-48)62-42-52(72(10,11)12)41-61-64(62)73(68)59-36-34-53(74)44-60(59)75(61)65-55(45-25-17-13-18-26-45)37-50(70(4,5)6)38-56(65)46-27-19-14-20-28-46/h13-44H,1-12H3/i34D,36D,44D. The quantitative estimate of drug-likeness (QED) is 0.155. The smallest absolute Gasteiger partial charge is 0.297 e. The zero-order valence-corrected chi connectivity index (χ0v) is 47.3. The second-order valence-electron chi connectivity index (χ2n) is 25.3. The third-order valence-electron chi connectivity index (χ3n) is 15.9.